The van der Waals surface area contributed by atoms with E-state index < -0.39 is 0 Å². The topological polar surface area (TPSA) is 50.4 Å². The molecule has 2 fully saturated rings. The van der Waals surface area contributed by atoms with Gasteiger partial charge < -0.3 is 15.4 Å². The smallest absolute Gasteiger partial charge is 0.251 e. The number of carbonyl (C=O) groups is 1. The predicted molar refractivity (Wildman–Crippen MR) is 103 cm³/mol. The Morgan fingerprint density at radius 1 is 1.25 bits per heavy atom. The van der Waals surface area contributed by atoms with E-state index in [9.17, 15) is 4.79 Å². The van der Waals surface area contributed by atoms with E-state index in [1.807, 2.05) is 35.7 Å². The summed E-state index contributed by atoms with van der Waals surface area (Å²) in [4.78, 5) is 12.5. The Morgan fingerprint density at radius 2 is 1.92 bits per heavy atom. The number of methoxy groups -OCH3 is 1. The zero-order chi connectivity index (χ0) is 16.8. The second-order valence-corrected chi connectivity index (χ2v) is 9.29. The fourth-order valence-electron chi connectivity index (χ4n) is 3.35. The Balaban J connectivity index is 1.57. The van der Waals surface area contributed by atoms with Crippen molar-refractivity contribution in [3.8, 4) is 0 Å². The molecule has 1 aromatic carbocycles. The largest absolute Gasteiger partial charge is 0.384 e. The van der Waals surface area contributed by atoms with Crippen molar-refractivity contribution in [2.75, 3.05) is 44.9 Å². The average molecular weight is 367 g/mol. The van der Waals surface area contributed by atoms with Crippen molar-refractivity contribution < 1.29 is 9.53 Å². The van der Waals surface area contributed by atoms with Gasteiger partial charge in [-0.2, -0.15) is 0 Å². The lowest BCUT2D eigenvalue weighted by Gasteiger charge is -2.37. The Hall–Kier alpha value is -0.690. The summed E-state index contributed by atoms with van der Waals surface area (Å²) in [6.07, 6.45) is 2.08. The summed E-state index contributed by atoms with van der Waals surface area (Å²) < 4.78 is 5.94. The summed E-state index contributed by atoms with van der Waals surface area (Å²) in [6.45, 7) is 3.36. The molecule has 0 radical (unpaired) electrons. The molecular weight excluding hydrogens is 340 g/mol. The number of hydrogen-bond donors (Lipinski definition) is 2. The zero-order valence-electron chi connectivity index (χ0n) is 14.2. The van der Waals surface area contributed by atoms with E-state index in [1.54, 1.807) is 7.11 Å². The maximum atomic E-state index is 12.5. The molecule has 2 N–H and O–H groups in total. The Kier molecular flexibility index (Phi) is 6.49. The van der Waals surface area contributed by atoms with Gasteiger partial charge in [0.05, 0.1) is 11.2 Å². The molecule has 0 spiro atoms. The number of nitrogens with one attached hydrogen (secondary N) is 2. The van der Waals surface area contributed by atoms with Crippen LogP contribution >= 0.6 is 23.5 Å². The molecular formula is C18H26N2O2S2. The molecule has 0 atom stereocenters. The van der Waals surface area contributed by atoms with Gasteiger partial charge in [-0.15, -0.1) is 23.5 Å². The van der Waals surface area contributed by atoms with Crippen LogP contribution in [0.3, 0.4) is 0 Å². The highest BCUT2D eigenvalue weighted by Crippen LogP contribution is 2.45. The highest BCUT2D eigenvalue weighted by molar-refractivity contribution is 8.19. The Labute approximate surface area is 152 Å². The van der Waals surface area contributed by atoms with Gasteiger partial charge >= 0.3 is 0 Å². The molecule has 0 aliphatic carbocycles. The van der Waals surface area contributed by atoms with Gasteiger partial charge in [0, 0.05) is 36.1 Å². The molecule has 2 aliphatic rings. The molecule has 3 rings (SSSR count). The van der Waals surface area contributed by atoms with Gasteiger partial charge in [0.25, 0.3) is 5.91 Å². The second-order valence-electron chi connectivity index (χ2n) is 6.56. The fourth-order valence-corrected chi connectivity index (χ4v) is 6.21. The first-order chi connectivity index (χ1) is 11.7. The van der Waals surface area contributed by atoms with Crippen LogP contribution in [0.5, 0.6) is 0 Å². The van der Waals surface area contributed by atoms with Crippen LogP contribution < -0.4 is 10.6 Å². The summed E-state index contributed by atoms with van der Waals surface area (Å²) in [5.41, 5.74) is 2.12. The second kappa shape index (κ2) is 8.61. The van der Waals surface area contributed by atoms with Crippen molar-refractivity contribution in [2.45, 2.75) is 17.4 Å². The van der Waals surface area contributed by atoms with Crippen LogP contribution in [0.4, 0.5) is 0 Å². The lowest BCUT2D eigenvalue weighted by molar-refractivity contribution is 0.0512. The minimum atomic E-state index is 0.0160. The predicted octanol–water partition coefficient (Wildman–Crippen LogP) is 2.91. The third-order valence-corrected chi connectivity index (χ3v) is 7.91. The zero-order valence-corrected chi connectivity index (χ0v) is 15.8. The van der Waals surface area contributed by atoms with Crippen LogP contribution in [-0.4, -0.2) is 50.8 Å². The molecule has 6 heteroatoms. The van der Waals surface area contributed by atoms with Gasteiger partial charge in [0.2, 0.25) is 0 Å². The lowest BCUT2D eigenvalue weighted by Crippen LogP contribution is -2.47. The normalized spacial score (nSPS) is 20.9. The lowest BCUT2D eigenvalue weighted by atomic mass is 9.79. The van der Waals surface area contributed by atoms with Crippen molar-refractivity contribution in [3.05, 3.63) is 35.4 Å². The summed E-state index contributed by atoms with van der Waals surface area (Å²) in [5, 5.41) is 6.50. The summed E-state index contributed by atoms with van der Waals surface area (Å²) in [6, 6.07) is 8.10. The third-order valence-electron chi connectivity index (χ3n) is 4.81. The van der Waals surface area contributed by atoms with Crippen molar-refractivity contribution in [3.63, 3.8) is 0 Å². The number of piperidine rings is 1. The molecule has 0 unspecified atom stereocenters. The van der Waals surface area contributed by atoms with Crippen LogP contribution in [0, 0.1) is 5.41 Å². The average Bonchev–Trinajstić information content (AvgIpc) is 3.16. The molecule has 0 bridgehead atoms. The minimum Gasteiger partial charge on any atom is -0.384 e. The molecule has 2 saturated heterocycles. The van der Waals surface area contributed by atoms with Crippen molar-refractivity contribution in [2.24, 2.45) is 5.41 Å². The quantitative estimate of drug-likeness (QED) is 0.811. The van der Waals surface area contributed by atoms with Crippen molar-refractivity contribution in [1.82, 2.24) is 10.6 Å². The van der Waals surface area contributed by atoms with E-state index in [2.05, 4.69) is 22.8 Å². The first-order valence-corrected chi connectivity index (χ1v) is 10.6. The SMILES string of the molecule is COCC1(CNC(=O)c2ccc(C3SCCS3)cc2)CCNCC1. The first-order valence-electron chi connectivity index (χ1n) is 8.53. The number of rotatable bonds is 6. The molecule has 0 saturated carbocycles. The van der Waals surface area contributed by atoms with E-state index in [4.69, 9.17) is 4.74 Å². The van der Waals surface area contributed by atoms with E-state index in [0.29, 0.717) is 17.7 Å². The Morgan fingerprint density at radius 3 is 2.54 bits per heavy atom. The molecule has 0 aromatic heterocycles. The molecule has 2 aliphatic heterocycles. The van der Waals surface area contributed by atoms with Crippen LogP contribution in [0.1, 0.15) is 33.3 Å². The first kappa shape index (κ1) is 18.1. The number of benzene rings is 1. The summed E-state index contributed by atoms with van der Waals surface area (Å²) >= 11 is 3.97. The van der Waals surface area contributed by atoms with E-state index in [-0.39, 0.29) is 11.3 Å². The standard InChI is InChI=1S/C18H26N2O2S2/c1-22-13-18(6-8-19-9-7-18)12-20-16(21)14-2-4-15(5-3-14)17-23-10-11-24-17/h2-5,17,19H,6-13H2,1H3,(H,20,21). The summed E-state index contributed by atoms with van der Waals surface area (Å²) in [5.74, 6) is 2.45. The molecule has 1 amide bonds. The fraction of sp³-hybridized carbons (Fsp3) is 0.611. The van der Waals surface area contributed by atoms with Crippen molar-refractivity contribution >= 4 is 29.4 Å². The van der Waals surface area contributed by atoms with Gasteiger partial charge in [-0.05, 0) is 43.6 Å². The number of hydrogen-bond acceptors (Lipinski definition) is 5. The number of thioether (sulfide) groups is 2. The number of ether oxygens (including phenoxy) is 1. The van der Waals surface area contributed by atoms with E-state index in [0.717, 1.165) is 31.5 Å². The van der Waals surface area contributed by atoms with Crippen LogP contribution in [0.25, 0.3) is 0 Å². The molecule has 4 nitrogen and oxygen atoms in total. The highest BCUT2D eigenvalue weighted by atomic mass is 32.2. The Bertz CT molecular complexity index is 533. The number of amides is 1. The van der Waals surface area contributed by atoms with Gasteiger partial charge in [-0.3, -0.25) is 4.79 Å². The molecule has 1 aromatic rings. The van der Waals surface area contributed by atoms with E-state index in [1.165, 1.54) is 17.1 Å². The van der Waals surface area contributed by atoms with Gasteiger partial charge in [-0.25, -0.2) is 0 Å². The van der Waals surface area contributed by atoms with Gasteiger partial charge in [0.15, 0.2) is 0 Å². The molecule has 2 heterocycles. The summed E-state index contributed by atoms with van der Waals surface area (Å²) in [7, 11) is 1.74. The molecule has 24 heavy (non-hydrogen) atoms. The number of carbonyl (C=O) groups excluding carboxylic acids is 1. The highest BCUT2D eigenvalue weighted by Gasteiger charge is 2.32. The van der Waals surface area contributed by atoms with Crippen LogP contribution in [0.2, 0.25) is 0 Å². The maximum absolute atomic E-state index is 12.5. The minimum absolute atomic E-state index is 0.0160. The van der Waals surface area contributed by atoms with Crippen molar-refractivity contribution in [1.29, 1.82) is 0 Å². The molecule has 132 valence electrons. The third kappa shape index (κ3) is 4.48. The monoisotopic (exact) mass is 366 g/mol. The van der Waals surface area contributed by atoms with Crippen LogP contribution in [0.15, 0.2) is 24.3 Å². The van der Waals surface area contributed by atoms with Crippen LogP contribution in [-0.2, 0) is 4.74 Å². The van der Waals surface area contributed by atoms with Gasteiger partial charge in [0.1, 0.15) is 0 Å². The van der Waals surface area contributed by atoms with Gasteiger partial charge in [-0.1, -0.05) is 12.1 Å². The van der Waals surface area contributed by atoms with E-state index >= 15 is 0 Å². The maximum Gasteiger partial charge on any atom is 0.251 e.